The van der Waals surface area contributed by atoms with Crippen LogP contribution in [0.2, 0.25) is 5.04 Å². The van der Waals surface area contributed by atoms with Gasteiger partial charge in [-0.15, -0.1) is 0 Å². The van der Waals surface area contributed by atoms with Gasteiger partial charge in [0, 0.05) is 6.42 Å². The van der Waals surface area contributed by atoms with Crippen molar-refractivity contribution in [3.8, 4) is 0 Å². The molecule has 0 bridgehead atoms. The molecular formula is C43H50F6N4OSi. The van der Waals surface area contributed by atoms with Crippen LogP contribution in [0.1, 0.15) is 57.0 Å². The summed E-state index contributed by atoms with van der Waals surface area (Å²) < 4.78 is 100. The fourth-order valence-corrected chi connectivity index (χ4v) is 14.4. The molecule has 12 heteroatoms. The molecule has 1 aromatic heterocycles. The van der Waals surface area contributed by atoms with Gasteiger partial charge in [-0.2, -0.15) is 0 Å². The molecule has 2 unspecified atom stereocenters. The zero-order valence-electron chi connectivity index (χ0n) is 31.7. The monoisotopic (exact) mass is 780 g/mol. The molecule has 0 radical (unpaired) electrons. The maximum absolute atomic E-state index is 16.8. The molecule has 3 heterocycles. The minimum atomic E-state index is -3.76. The number of fused-ring (bicyclic) bond motifs is 3. The molecule has 0 amide bonds. The number of alkyl halides is 3. The Kier molecular flexibility index (Phi) is 11.0. The Balaban J connectivity index is 1.24. The molecule has 2 atom stereocenters. The number of benzene rings is 4. The van der Waals surface area contributed by atoms with E-state index in [1.165, 1.54) is 34.1 Å². The van der Waals surface area contributed by atoms with Gasteiger partial charge >= 0.3 is 278 Å². The number of likely N-dealkylation sites (tertiary alicyclic amines) is 1. The third-order valence-corrected chi connectivity index (χ3v) is 17.5. The van der Waals surface area contributed by atoms with Gasteiger partial charge in [0.2, 0.25) is 0 Å². The van der Waals surface area contributed by atoms with Crippen LogP contribution in [0.4, 0.5) is 32.0 Å². The molecule has 294 valence electrons. The van der Waals surface area contributed by atoms with E-state index in [4.69, 9.17) is 4.43 Å². The van der Waals surface area contributed by atoms with E-state index in [9.17, 15) is 8.78 Å². The number of hydrogen-bond donors (Lipinski definition) is 3. The van der Waals surface area contributed by atoms with Crippen molar-refractivity contribution in [3.05, 3.63) is 125 Å². The molecule has 2 aliphatic heterocycles. The van der Waals surface area contributed by atoms with Crippen LogP contribution in [0.15, 0.2) is 91.0 Å². The fraction of sp³-hybridized carbons (Fsp3) is 0.395. The molecule has 1 fully saturated rings. The summed E-state index contributed by atoms with van der Waals surface area (Å²) in [6.45, 7) is 7.78. The molecule has 4 aromatic carbocycles. The van der Waals surface area contributed by atoms with Crippen molar-refractivity contribution in [3.63, 3.8) is 0 Å². The predicted molar refractivity (Wildman–Crippen MR) is 210 cm³/mol. The van der Waals surface area contributed by atoms with Gasteiger partial charge < -0.3 is 4.90 Å². The van der Waals surface area contributed by atoms with Crippen LogP contribution in [-0.4, -0.2) is 75.7 Å². The van der Waals surface area contributed by atoms with Crippen LogP contribution in [-0.2, 0) is 10.8 Å². The maximum atomic E-state index is 16.8. The van der Waals surface area contributed by atoms with Crippen molar-refractivity contribution < 1.29 is 35.7 Å². The van der Waals surface area contributed by atoms with Crippen molar-refractivity contribution >= 4 is 35.3 Å². The summed E-state index contributed by atoms with van der Waals surface area (Å²) in [6.07, 6.45) is 0.720. The molecule has 7 rings (SSSR count). The Morgan fingerprint density at radius 1 is 0.891 bits per heavy atom. The second kappa shape index (κ2) is 15.4. The number of H-pyrrole nitrogens is 1. The van der Waals surface area contributed by atoms with Crippen LogP contribution < -0.4 is 20.6 Å². The number of aromatic amines is 1. The summed E-state index contributed by atoms with van der Waals surface area (Å²) in [4.78, 5) is 5.90. The SMILES string of the molecule is CC1Cc2c([nH]c3ccc(F)cc23)C(c2c(F)cc(NC3C[NH+](CCCF)C3)cc2F)N1CC(F)(F)CO[SiH-](c1ccccc1)(c1ccccc1)C(C)(C)C. The first-order chi connectivity index (χ1) is 26.2. The Bertz CT molecular complexity index is 2040. The number of hydrogen-bond acceptors (Lipinski definition) is 3. The van der Waals surface area contributed by atoms with Crippen LogP contribution >= 0.6 is 0 Å². The van der Waals surface area contributed by atoms with Crippen molar-refractivity contribution in [1.29, 1.82) is 0 Å². The first kappa shape index (κ1) is 39.1. The summed E-state index contributed by atoms with van der Waals surface area (Å²) in [5.41, 5.74) is 1.43. The van der Waals surface area contributed by atoms with Crippen molar-refractivity contribution in [2.75, 3.05) is 44.8 Å². The van der Waals surface area contributed by atoms with Crippen LogP contribution in [0, 0.1) is 17.5 Å². The average molecular weight is 781 g/mol. The van der Waals surface area contributed by atoms with E-state index in [-0.39, 0.29) is 30.4 Å². The Labute approximate surface area is 319 Å². The Morgan fingerprint density at radius 2 is 1.51 bits per heavy atom. The number of rotatable bonds is 13. The molecule has 55 heavy (non-hydrogen) atoms. The molecule has 2 aliphatic rings. The standard InChI is InChI=1S/C43H49F6N4OSi/c1-28-20-35-34-21-29(45)16-17-38(34)51-40(35)41(39-36(46)22-30(23-37(39)47)50-31-24-52(25-31)19-11-18-44)53(28)26-43(48,49)27-54-55(42(2,3)4,32-12-7-5-8-13-32)33-14-9-6-10-15-33/h5-10,12-17,21-23,28,31,41,50-51,55H,11,18-20,24-27H2,1-4H3/q-1/p+1. The minimum absolute atomic E-state index is 0.0318. The molecule has 0 aliphatic carbocycles. The van der Waals surface area contributed by atoms with Gasteiger partial charge in [-0.25, -0.2) is 0 Å². The van der Waals surface area contributed by atoms with E-state index >= 15 is 17.6 Å². The second-order valence-electron chi connectivity index (χ2n) is 16.6. The van der Waals surface area contributed by atoms with E-state index in [1.807, 2.05) is 81.4 Å². The second-order valence-corrected chi connectivity index (χ2v) is 21.6. The van der Waals surface area contributed by atoms with Gasteiger partial charge in [-0.3, -0.25) is 4.39 Å². The van der Waals surface area contributed by atoms with Gasteiger partial charge in [0.15, 0.2) is 0 Å². The zero-order valence-corrected chi connectivity index (χ0v) is 32.9. The molecule has 3 N–H and O–H groups in total. The molecule has 0 saturated carbocycles. The molecule has 5 aromatic rings. The normalized spacial score (nSPS) is 21.0. The average Bonchev–Trinajstić information content (AvgIpc) is 3.47. The Hall–Kier alpha value is -4.10. The van der Waals surface area contributed by atoms with Crippen LogP contribution in [0.25, 0.3) is 10.9 Å². The number of nitrogens with one attached hydrogen (secondary N) is 3. The zero-order chi connectivity index (χ0) is 39.1. The topological polar surface area (TPSA) is 44.7 Å². The fourth-order valence-electron chi connectivity index (χ4n) is 9.15. The molecule has 5 nitrogen and oxygen atoms in total. The van der Waals surface area contributed by atoms with Crippen molar-refractivity contribution in [1.82, 2.24) is 9.88 Å². The summed E-state index contributed by atoms with van der Waals surface area (Å²) in [5.74, 6) is -5.67. The quantitative estimate of drug-likeness (QED) is 0.0901. The number of aromatic nitrogens is 1. The number of quaternary nitrogens is 1. The van der Waals surface area contributed by atoms with Gasteiger partial charge in [0.25, 0.3) is 0 Å². The van der Waals surface area contributed by atoms with Crippen LogP contribution in [0.3, 0.4) is 0 Å². The summed E-state index contributed by atoms with van der Waals surface area (Å²) in [7, 11) is -3.76. The number of nitrogens with zero attached hydrogens (tertiary/aromatic N) is 1. The van der Waals surface area contributed by atoms with Gasteiger partial charge in [0.1, 0.15) is 13.1 Å². The van der Waals surface area contributed by atoms with E-state index in [0.29, 0.717) is 48.2 Å². The molecule has 0 spiro atoms. The van der Waals surface area contributed by atoms with E-state index < -0.39 is 62.0 Å². The number of anilines is 1. The first-order valence-corrected chi connectivity index (χ1v) is 21.4. The summed E-state index contributed by atoms with van der Waals surface area (Å²) in [6, 6.07) is 23.9. The third kappa shape index (κ3) is 7.70. The van der Waals surface area contributed by atoms with Crippen LogP contribution in [0.5, 0.6) is 0 Å². The van der Waals surface area contributed by atoms with Crippen molar-refractivity contribution in [2.24, 2.45) is 0 Å². The molecule has 1 saturated heterocycles. The van der Waals surface area contributed by atoms with E-state index in [0.717, 1.165) is 10.4 Å². The Morgan fingerprint density at radius 3 is 2.09 bits per heavy atom. The van der Waals surface area contributed by atoms with E-state index in [1.54, 1.807) is 13.0 Å². The van der Waals surface area contributed by atoms with Gasteiger partial charge in [0.05, 0.1) is 13.2 Å². The summed E-state index contributed by atoms with van der Waals surface area (Å²) in [5, 5.41) is 4.99. The first-order valence-electron chi connectivity index (χ1n) is 19.2. The van der Waals surface area contributed by atoms with E-state index in [2.05, 4.69) is 10.3 Å². The summed E-state index contributed by atoms with van der Waals surface area (Å²) >= 11 is 0. The molecular weight excluding hydrogens is 731 g/mol. The predicted octanol–water partition coefficient (Wildman–Crippen LogP) is 6.90. The van der Waals surface area contributed by atoms with Crippen molar-refractivity contribution in [2.45, 2.75) is 69.6 Å². The number of halogens is 6. The third-order valence-electron chi connectivity index (χ3n) is 11.7. The van der Waals surface area contributed by atoms with Gasteiger partial charge in [-0.1, -0.05) is 0 Å². The van der Waals surface area contributed by atoms with Gasteiger partial charge in [-0.05, 0) is 0 Å².